The van der Waals surface area contributed by atoms with Gasteiger partial charge in [0.25, 0.3) is 0 Å². The Bertz CT molecular complexity index is 59.9. The van der Waals surface area contributed by atoms with E-state index in [9.17, 15) is 0 Å². The molecule has 0 aromatic rings. The molecular weight excluding hydrogens is 116 g/mol. The summed E-state index contributed by atoms with van der Waals surface area (Å²) < 4.78 is 5.00. The van der Waals surface area contributed by atoms with Gasteiger partial charge in [-0.25, -0.2) is 0 Å². The molecule has 2 atom stereocenters. The predicted octanol–water partition coefficient (Wildman–Crippen LogP) is 1.04. The minimum Gasteiger partial charge on any atom is -0.394 e. The summed E-state index contributed by atoms with van der Waals surface area (Å²) >= 11 is 0. The third-order valence-corrected chi connectivity index (χ3v) is 1.76. The fourth-order valence-corrected chi connectivity index (χ4v) is 0.750. The zero-order valence-corrected chi connectivity index (χ0v) is 6.42. The van der Waals surface area contributed by atoms with Crippen LogP contribution in [-0.4, -0.2) is 24.9 Å². The molecule has 0 aromatic carbocycles. The van der Waals surface area contributed by atoms with Gasteiger partial charge in [0.1, 0.15) is 0 Å². The van der Waals surface area contributed by atoms with Crippen molar-refractivity contribution in [2.24, 2.45) is 5.92 Å². The molecule has 0 aliphatic heterocycles. The maximum atomic E-state index is 8.70. The fraction of sp³-hybridized carbons (Fsp3) is 1.00. The number of aliphatic hydroxyl groups is 1. The maximum Gasteiger partial charge on any atom is 0.0827 e. The first kappa shape index (κ1) is 8.92. The van der Waals surface area contributed by atoms with E-state index in [4.69, 9.17) is 9.84 Å². The minimum atomic E-state index is 0.0231. The highest BCUT2D eigenvalue weighted by Crippen LogP contribution is 2.08. The smallest absolute Gasteiger partial charge is 0.0827 e. The van der Waals surface area contributed by atoms with Gasteiger partial charge >= 0.3 is 0 Å². The van der Waals surface area contributed by atoms with Crippen LogP contribution in [0.3, 0.4) is 0 Å². The van der Waals surface area contributed by atoms with Crippen LogP contribution in [0.5, 0.6) is 0 Å². The van der Waals surface area contributed by atoms with Gasteiger partial charge in [0.2, 0.25) is 0 Å². The Balaban J connectivity index is 3.50. The molecule has 0 heterocycles. The SMILES string of the molecule is CC[C@@H](C)[C@@H](CO)OC. The van der Waals surface area contributed by atoms with Crippen molar-refractivity contribution in [1.29, 1.82) is 0 Å². The molecule has 0 spiro atoms. The molecule has 0 radical (unpaired) electrons. The van der Waals surface area contributed by atoms with Crippen LogP contribution in [0.2, 0.25) is 0 Å². The number of hydrogen-bond donors (Lipinski definition) is 1. The fourth-order valence-electron chi connectivity index (χ4n) is 0.750. The van der Waals surface area contributed by atoms with E-state index in [0.29, 0.717) is 5.92 Å². The van der Waals surface area contributed by atoms with E-state index >= 15 is 0 Å². The molecule has 1 N–H and O–H groups in total. The minimum absolute atomic E-state index is 0.0231. The highest BCUT2D eigenvalue weighted by Gasteiger charge is 2.12. The van der Waals surface area contributed by atoms with Crippen molar-refractivity contribution in [1.82, 2.24) is 0 Å². The summed E-state index contributed by atoms with van der Waals surface area (Å²) in [5.41, 5.74) is 0. The molecule has 0 unspecified atom stereocenters. The average Bonchev–Trinajstić information content (AvgIpc) is 1.90. The number of hydrogen-bond acceptors (Lipinski definition) is 2. The van der Waals surface area contributed by atoms with E-state index in [1.54, 1.807) is 7.11 Å². The van der Waals surface area contributed by atoms with Crippen molar-refractivity contribution in [2.75, 3.05) is 13.7 Å². The molecule has 0 aliphatic rings. The monoisotopic (exact) mass is 132 g/mol. The summed E-state index contributed by atoms with van der Waals surface area (Å²) in [5, 5.41) is 8.70. The number of ether oxygens (including phenoxy) is 1. The van der Waals surface area contributed by atoms with E-state index in [1.807, 2.05) is 0 Å². The Hall–Kier alpha value is -0.0800. The molecule has 0 aliphatic carbocycles. The van der Waals surface area contributed by atoms with Gasteiger partial charge < -0.3 is 9.84 Å². The summed E-state index contributed by atoms with van der Waals surface area (Å²) in [6.45, 7) is 4.29. The van der Waals surface area contributed by atoms with Crippen molar-refractivity contribution in [3.63, 3.8) is 0 Å². The molecule has 0 saturated carbocycles. The average molecular weight is 132 g/mol. The third-order valence-electron chi connectivity index (χ3n) is 1.76. The number of rotatable bonds is 4. The zero-order chi connectivity index (χ0) is 7.28. The van der Waals surface area contributed by atoms with Gasteiger partial charge in [-0.3, -0.25) is 0 Å². The van der Waals surface area contributed by atoms with Gasteiger partial charge in [-0.1, -0.05) is 20.3 Å². The van der Waals surface area contributed by atoms with Crippen molar-refractivity contribution >= 4 is 0 Å². The standard InChI is InChI=1S/C7H16O2/c1-4-6(2)7(5-8)9-3/h6-8H,4-5H2,1-3H3/t6-,7-/m1/s1. The second kappa shape index (κ2) is 4.77. The van der Waals surface area contributed by atoms with Gasteiger partial charge in [0.05, 0.1) is 12.7 Å². The Morgan fingerprint density at radius 1 is 1.56 bits per heavy atom. The Kier molecular flexibility index (Phi) is 4.72. The van der Waals surface area contributed by atoms with Gasteiger partial charge in [-0.2, -0.15) is 0 Å². The quantitative estimate of drug-likeness (QED) is 0.619. The van der Waals surface area contributed by atoms with Gasteiger partial charge in [0, 0.05) is 7.11 Å². The largest absolute Gasteiger partial charge is 0.394 e. The molecule has 2 nitrogen and oxygen atoms in total. The van der Waals surface area contributed by atoms with E-state index in [-0.39, 0.29) is 12.7 Å². The Morgan fingerprint density at radius 3 is 2.22 bits per heavy atom. The Labute approximate surface area is 56.8 Å². The summed E-state index contributed by atoms with van der Waals surface area (Å²) in [4.78, 5) is 0. The molecule has 0 saturated heterocycles. The summed E-state index contributed by atoms with van der Waals surface area (Å²) in [5.74, 6) is 0.458. The van der Waals surface area contributed by atoms with Crippen molar-refractivity contribution in [3.8, 4) is 0 Å². The second-order valence-corrected chi connectivity index (χ2v) is 2.34. The first-order valence-electron chi connectivity index (χ1n) is 3.39. The second-order valence-electron chi connectivity index (χ2n) is 2.34. The highest BCUT2D eigenvalue weighted by molar-refractivity contribution is 4.61. The van der Waals surface area contributed by atoms with Crippen LogP contribution >= 0.6 is 0 Å². The molecule has 0 amide bonds. The molecule has 9 heavy (non-hydrogen) atoms. The van der Waals surface area contributed by atoms with Gasteiger partial charge in [-0.05, 0) is 5.92 Å². The van der Waals surface area contributed by atoms with Gasteiger partial charge in [-0.15, -0.1) is 0 Å². The lowest BCUT2D eigenvalue weighted by molar-refractivity contribution is 0.0118. The molecule has 0 aromatic heterocycles. The molecule has 2 heteroatoms. The predicted molar refractivity (Wildman–Crippen MR) is 37.3 cm³/mol. The summed E-state index contributed by atoms with van der Waals surface area (Å²) in [6, 6.07) is 0. The van der Waals surface area contributed by atoms with Gasteiger partial charge in [0.15, 0.2) is 0 Å². The first-order chi connectivity index (χ1) is 4.26. The zero-order valence-electron chi connectivity index (χ0n) is 6.42. The topological polar surface area (TPSA) is 29.5 Å². The maximum absolute atomic E-state index is 8.70. The van der Waals surface area contributed by atoms with Crippen LogP contribution in [0.25, 0.3) is 0 Å². The lowest BCUT2D eigenvalue weighted by Crippen LogP contribution is -2.23. The third kappa shape index (κ3) is 2.82. The number of methoxy groups -OCH3 is 1. The van der Waals surface area contributed by atoms with Crippen LogP contribution in [0, 0.1) is 5.92 Å². The lowest BCUT2D eigenvalue weighted by Gasteiger charge is -2.18. The van der Waals surface area contributed by atoms with Crippen LogP contribution < -0.4 is 0 Å². The number of aliphatic hydroxyl groups excluding tert-OH is 1. The lowest BCUT2D eigenvalue weighted by atomic mass is 10.0. The Morgan fingerprint density at radius 2 is 2.11 bits per heavy atom. The summed E-state index contributed by atoms with van der Waals surface area (Å²) in [7, 11) is 1.63. The van der Waals surface area contributed by atoms with Crippen LogP contribution in [0.1, 0.15) is 20.3 Å². The van der Waals surface area contributed by atoms with Crippen molar-refractivity contribution in [3.05, 3.63) is 0 Å². The summed E-state index contributed by atoms with van der Waals surface area (Å²) in [6.07, 6.45) is 1.08. The molecule has 0 bridgehead atoms. The van der Waals surface area contributed by atoms with Crippen LogP contribution in [0.4, 0.5) is 0 Å². The molecule has 56 valence electrons. The van der Waals surface area contributed by atoms with E-state index in [2.05, 4.69) is 13.8 Å². The normalized spacial score (nSPS) is 17.3. The van der Waals surface area contributed by atoms with E-state index in [0.717, 1.165) is 6.42 Å². The molecule has 0 fully saturated rings. The van der Waals surface area contributed by atoms with E-state index < -0.39 is 0 Å². The first-order valence-corrected chi connectivity index (χ1v) is 3.39. The van der Waals surface area contributed by atoms with Crippen LogP contribution in [-0.2, 0) is 4.74 Å². The van der Waals surface area contributed by atoms with Crippen molar-refractivity contribution < 1.29 is 9.84 Å². The molecule has 0 rings (SSSR count). The highest BCUT2D eigenvalue weighted by atomic mass is 16.5. The van der Waals surface area contributed by atoms with Crippen LogP contribution in [0.15, 0.2) is 0 Å². The molecular formula is C7H16O2. The van der Waals surface area contributed by atoms with E-state index in [1.165, 1.54) is 0 Å². The van der Waals surface area contributed by atoms with Crippen molar-refractivity contribution in [2.45, 2.75) is 26.4 Å².